The molecule has 1 aliphatic rings. The van der Waals surface area contributed by atoms with Gasteiger partial charge in [0.05, 0.1) is 16.8 Å². The number of benzene rings is 1. The third-order valence-corrected chi connectivity index (χ3v) is 4.14. The molecule has 1 aromatic rings. The van der Waals surface area contributed by atoms with Crippen LogP contribution < -0.4 is 10.6 Å². The van der Waals surface area contributed by atoms with Gasteiger partial charge in [0.2, 0.25) is 5.91 Å². The van der Waals surface area contributed by atoms with Gasteiger partial charge in [-0.15, -0.1) is 0 Å². The molecule has 3 nitrogen and oxygen atoms in total. The first kappa shape index (κ1) is 14.6. The maximum atomic E-state index is 12.2. The van der Waals surface area contributed by atoms with E-state index in [1.807, 2.05) is 0 Å². The number of halogens is 2. The predicted octanol–water partition coefficient (Wildman–Crippen LogP) is 3.71. The summed E-state index contributed by atoms with van der Waals surface area (Å²) in [6.07, 6.45) is 3.14. The van der Waals surface area contributed by atoms with Crippen LogP contribution in [0.5, 0.6) is 0 Å². The van der Waals surface area contributed by atoms with Crippen LogP contribution in [-0.2, 0) is 4.79 Å². The van der Waals surface area contributed by atoms with Crippen LogP contribution in [0.15, 0.2) is 18.2 Å². The van der Waals surface area contributed by atoms with Gasteiger partial charge in [0.1, 0.15) is 0 Å². The zero-order valence-corrected chi connectivity index (χ0v) is 12.4. The lowest BCUT2D eigenvalue weighted by Gasteiger charge is -2.28. The largest absolute Gasteiger partial charge is 0.323 e. The molecule has 0 saturated carbocycles. The summed E-state index contributed by atoms with van der Waals surface area (Å²) in [5, 5.41) is 7.13. The lowest BCUT2D eigenvalue weighted by atomic mass is 9.90. The van der Waals surface area contributed by atoms with Gasteiger partial charge in [-0.25, -0.2) is 0 Å². The molecule has 104 valence electrons. The Bertz CT molecular complexity index is 465. The molecule has 2 unspecified atom stereocenters. The lowest BCUT2D eigenvalue weighted by molar-refractivity contribution is -0.119. The van der Waals surface area contributed by atoms with Gasteiger partial charge in [-0.3, -0.25) is 4.79 Å². The average Bonchev–Trinajstić information content (AvgIpc) is 2.42. The Labute approximate surface area is 123 Å². The summed E-state index contributed by atoms with van der Waals surface area (Å²) in [5.74, 6) is 0.597. The number of amides is 1. The van der Waals surface area contributed by atoms with Gasteiger partial charge in [-0.2, -0.15) is 0 Å². The molecule has 1 saturated heterocycles. The number of hydrogen-bond donors (Lipinski definition) is 2. The molecule has 2 rings (SSSR count). The van der Waals surface area contributed by atoms with Crippen LogP contribution in [0.2, 0.25) is 10.0 Å². The molecule has 1 amide bonds. The van der Waals surface area contributed by atoms with Crippen LogP contribution in [0.1, 0.15) is 26.2 Å². The van der Waals surface area contributed by atoms with E-state index < -0.39 is 0 Å². The van der Waals surface area contributed by atoms with Crippen LogP contribution in [-0.4, -0.2) is 18.5 Å². The maximum Gasteiger partial charge on any atom is 0.241 e. The number of piperidine rings is 1. The number of carbonyl (C=O) groups is 1. The Hall–Kier alpha value is -0.770. The summed E-state index contributed by atoms with van der Waals surface area (Å²) in [7, 11) is 0. The van der Waals surface area contributed by atoms with Crippen molar-refractivity contribution in [3.63, 3.8) is 0 Å². The summed E-state index contributed by atoms with van der Waals surface area (Å²) in [6.45, 7) is 3.06. The minimum Gasteiger partial charge on any atom is -0.323 e. The molecule has 0 bridgehead atoms. The second-order valence-corrected chi connectivity index (χ2v) is 5.76. The first-order valence-electron chi connectivity index (χ1n) is 6.59. The molecule has 19 heavy (non-hydrogen) atoms. The highest BCUT2D eigenvalue weighted by Gasteiger charge is 2.26. The van der Waals surface area contributed by atoms with Crippen LogP contribution in [0, 0.1) is 5.92 Å². The van der Waals surface area contributed by atoms with Crippen molar-refractivity contribution in [3.05, 3.63) is 28.2 Å². The Morgan fingerprint density at radius 3 is 2.95 bits per heavy atom. The fraction of sp³-hybridized carbons (Fsp3) is 0.500. The zero-order valence-electron chi connectivity index (χ0n) is 10.9. The average molecular weight is 301 g/mol. The molecule has 1 aromatic carbocycles. The topological polar surface area (TPSA) is 41.1 Å². The Morgan fingerprint density at radius 1 is 1.47 bits per heavy atom. The molecule has 0 spiro atoms. The molecule has 5 heteroatoms. The highest BCUT2D eigenvalue weighted by Crippen LogP contribution is 2.26. The van der Waals surface area contributed by atoms with E-state index in [1.54, 1.807) is 18.2 Å². The molecule has 1 fully saturated rings. The maximum absolute atomic E-state index is 12.2. The highest BCUT2D eigenvalue weighted by atomic mass is 35.5. The molecular weight excluding hydrogens is 283 g/mol. The Balaban J connectivity index is 2.00. The normalized spacial score (nSPS) is 23.1. The van der Waals surface area contributed by atoms with E-state index in [2.05, 4.69) is 17.6 Å². The second-order valence-electron chi connectivity index (χ2n) is 4.92. The summed E-state index contributed by atoms with van der Waals surface area (Å²) >= 11 is 11.9. The predicted molar refractivity (Wildman–Crippen MR) is 79.9 cm³/mol. The third kappa shape index (κ3) is 3.85. The molecule has 1 aliphatic heterocycles. The molecule has 0 aromatic heterocycles. The monoisotopic (exact) mass is 300 g/mol. The van der Waals surface area contributed by atoms with Crippen molar-refractivity contribution in [3.8, 4) is 0 Å². The summed E-state index contributed by atoms with van der Waals surface area (Å²) in [5.41, 5.74) is 0.608. The van der Waals surface area contributed by atoms with E-state index in [4.69, 9.17) is 23.2 Å². The minimum absolute atomic E-state index is 0.0256. The van der Waals surface area contributed by atoms with E-state index in [1.165, 1.54) is 0 Å². The highest BCUT2D eigenvalue weighted by molar-refractivity contribution is 6.36. The van der Waals surface area contributed by atoms with Gasteiger partial charge in [0, 0.05) is 5.02 Å². The van der Waals surface area contributed by atoms with Crippen molar-refractivity contribution in [1.82, 2.24) is 5.32 Å². The summed E-state index contributed by atoms with van der Waals surface area (Å²) in [6, 6.07) is 4.93. The molecule has 0 radical (unpaired) electrons. The SMILES string of the molecule is CCC1CCNC(C(=O)Nc2ccc(Cl)cc2Cl)C1. The summed E-state index contributed by atoms with van der Waals surface area (Å²) in [4.78, 5) is 12.2. The first-order valence-corrected chi connectivity index (χ1v) is 7.35. The smallest absolute Gasteiger partial charge is 0.241 e. The molecular formula is C14H18Cl2N2O. The van der Waals surface area contributed by atoms with Crippen molar-refractivity contribution in [2.75, 3.05) is 11.9 Å². The second kappa shape index (κ2) is 6.60. The van der Waals surface area contributed by atoms with Crippen LogP contribution in [0.3, 0.4) is 0 Å². The Morgan fingerprint density at radius 2 is 2.26 bits per heavy atom. The zero-order chi connectivity index (χ0) is 13.8. The van der Waals surface area contributed by atoms with Gasteiger partial charge in [-0.05, 0) is 43.5 Å². The number of carbonyl (C=O) groups excluding carboxylic acids is 1. The van der Waals surface area contributed by atoms with Gasteiger partial charge < -0.3 is 10.6 Å². The van der Waals surface area contributed by atoms with E-state index in [0.29, 0.717) is 21.7 Å². The minimum atomic E-state index is -0.134. The molecule has 2 atom stereocenters. The van der Waals surface area contributed by atoms with Crippen molar-refractivity contribution < 1.29 is 4.79 Å². The quantitative estimate of drug-likeness (QED) is 0.893. The molecule has 1 heterocycles. The van der Waals surface area contributed by atoms with E-state index >= 15 is 0 Å². The molecule has 2 N–H and O–H groups in total. The lowest BCUT2D eigenvalue weighted by Crippen LogP contribution is -2.46. The van der Waals surface area contributed by atoms with E-state index in [-0.39, 0.29) is 11.9 Å². The van der Waals surface area contributed by atoms with Gasteiger partial charge >= 0.3 is 0 Å². The van der Waals surface area contributed by atoms with E-state index in [0.717, 1.165) is 25.8 Å². The summed E-state index contributed by atoms with van der Waals surface area (Å²) < 4.78 is 0. The number of nitrogens with one attached hydrogen (secondary N) is 2. The van der Waals surface area contributed by atoms with Crippen LogP contribution in [0.4, 0.5) is 5.69 Å². The first-order chi connectivity index (χ1) is 9.10. The third-order valence-electron chi connectivity index (χ3n) is 3.60. The standard InChI is InChI=1S/C14H18Cl2N2O/c1-2-9-5-6-17-13(7-9)14(19)18-12-4-3-10(15)8-11(12)16/h3-4,8-9,13,17H,2,5-7H2,1H3,(H,18,19). The van der Waals surface area contributed by atoms with Crippen molar-refractivity contribution in [2.45, 2.75) is 32.2 Å². The van der Waals surface area contributed by atoms with Gasteiger partial charge in [0.15, 0.2) is 0 Å². The van der Waals surface area contributed by atoms with Crippen LogP contribution in [0.25, 0.3) is 0 Å². The van der Waals surface area contributed by atoms with Gasteiger partial charge in [-0.1, -0.05) is 36.5 Å². The number of hydrogen-bond acceptors (Lipinski definition) is 2. The fourth-order valence-corrected chi connectivity index (χ4v) is 2.83. The number of rotatable bonds is 3. The van der Waals surface area contributed by atoms with Gasteiger partial charge in [0.25, 0.3) is 0 Å². The van der Waals surface area contributed by atoms with E-state index in [9.17, 15) is 4.79 Å². The van der Waals surface area contributed by atoms with Crippen molar-refractivity contribution in [2.24, 2.45) is 5.92 Å². The number of anilines is 1. The van der Waals surface area contributed by atoms with Crippen molar-refractivity contribution in [1.29, 1.82) is 0 Å². The molecule has 0 aliphatic carbocycles. The van der Waals surface area contributed by atoms with Crippen LogP contribution >= 0.6 is 23.2 Å². The van der Waals surface area contributed by atoms with Crippen molar-refractivity contribution >= 4 is 34.8 Å². The fourth-order valence-electron chi connectivity index (χ4n) is 2.38. The Kier molecular flexibility index (Phi) is 5.08.